The lowest BCUT2D eigenvalue weighted by atomic mass is 9.91. The molecule has 0 radical (unpaired) electrons. The monoisotopic (exact) mass is 408 g/mol. The SMILES string of the molecule is COc1ccc(N2C(=O)C(c3ccc(F)cc3)=C(N3CC(C)CC(C)C3)C2=O)cc1. The van der Waals surface area contributed by atoms with Crippen molar-refractivity contribution in [2.24, 2.45) is 11.8 Å². The van der Waals surface area contributed by atoms with Gasteiger partial charge in [0.1, 0.15) is 17.3 Å². The fourth-order valence-corrected chi connectivity index (χ4v) is 4.50. The van der Waals surface area contributed by atoms with Crippen molar-refractivity contribution in [1.29, 1.82) is 0 Å². The highest BCUT2D eigenvalue weighted by Gasteiger charge is 2.43. The molecule has 0 aliphatic carbocycles. The van der Waals surface area contributed by atoms with Crippen LogP contribution in [0.15, 0.2) is 54.2 Å². The second kappa shape index (κ2) is 7.94. The maximum atomic E-state index is 13.5. The molecular weight excluding hydrogens is 383 g/mol. The van der Waals surface area contributed by atoms with Gasteiger partial charge in [0.05, 0.1) is 18.4 Å². The number of likely N-dealkylation sites (tertiary alicyclic amines) is 1. The lowest BCUT2D eigenvalue weighted by Crippen LogP contribution is -2.42. The second-order valence-electron chi connectivity index (χ2n) is 8.23. The fourth-order valence-electron chi connectivity index (χ4n) is 4.50. The zero-order valence-electron chi connectivity index (χ0n) is 17.4. The number of carbonyl (C=O) groups excluding carboxylic acids is 2. The maximum Gasteiger partial charge on any atom is 0.282 e. The van der Waals surface area contributed by atoms with Crippen LogP contribution in [-0.2, 0) is 9.59 Å². The summed E-state index contributed by atoms with van der Waals surface area (Å²) in [5, 5.41) is 0. The van der Waals surface area contributed by atoms with Crippen LogP contribution in [0, 0.1) is 17.7 Å². The zero-order chi connectivity index (χ0) is 21.4. The maximum absolute atomic E-state index is 13.5. The third-order valence-corrected chi connectivity index (χ3v) is 5.71. The van der Waals surface area contributed by atoms with Crippen LogP contribution in [0.4, 0.5) is 10.1 Å². The van der Waals surface area contributed by atoms with E-state index in [1.54, 1.807) is 43.5 Å². The molecule has 1 saturated heterocycles. The minimum atomic E-state index is -0.391. The van der Waals surface area contributed by atoms with Gasteiger partial charge in [0.25, 0.3) is 11.8 Å². The summed E-state index contributed by atoms with van der Waals surface area (Å²) in [6.07, 6.45) is 1.08. The summed E-state index contributed by atoms with van der Waals surface area (Å²) in [6, 6.07) is 12.6. The number of amides is 2. The van der Waals surface area contributed by atoms with Crippen molar-refractivity contribution in [3.05, 3.63) is 65.6 Å². The van der Waals surface area contributed by atoms with Crippen LogP contribution in [0.1, 0.15) is 25.8 Å². The van der Waals surface area contributed by atoms with Crippen LogP contribution in [0.2, 0.25) is 0 Å². The number of piperidine rings is 1. The lowest BCUT2D eigenvalue weighted by Gasteiger charge is -2.37. The van der Waals surface area contributed by atoms with Crippen LogP contribution in [-0.4, -0.2) is 36.9 Å². The van der Waals surface area contributed by atoms with Gasteiger partial charge < -0.3 is 9.64 Å². The van der Waals surface area contributed by atoms with Gasteiger partial charge >= 0.3 is 0 Å². The van der Waals surface area contributed by atoms with Gasteiger partial charge in [0.2, 0.25) is 0 Å². The van der Waals surface area contributed by atoms with Gasteiger partial charge in [-0.05, 0) is 60.2 Å². The molecule has 5 nitrogen and oxygen atoms in total. The van der Waals surface area contributed by atoms with Crippen molar-refractivity contribution in [1.82, 2.24) is 4.90 Å². The van der Waals surface area contributed by atoms with E-state index in [9.17, 15) is 14.0 Å². The molecule has 0 N–H and O–H groups in total. The van der Waals surface area contributed by atoms with E-state index in [0.29, 0.717) is 53.2 Å². The smallest absolute Gasteiger partial charge is 0.282 e. The van der Waals surface area contributed by atoms with Crippen molar-refractivity contribution in [3.63, 3.8) is 0 Å². The van der Waals surface area contributed by atoms with Gasteiger partial charge in [-0.2, -0.15) is 0 Å². The summed E-state index contributed by atoms with van der Waals surface area (Å²) in [4.78, 5) is 30.2. The molecule has 0 bridgehead atoms. The largest absolute Gasteiger partial charge is 0.497 e. The third kappa shape index (κ3) is 3.58. The number of hydrogen-bond donors (Lipinski definition) is 0. The van der Waals surface area contributed by atoms with E-state index in [4.69, 9.17) is 4.74 Å². The molecule has 1 fully saturated rings. The Morgan fingerprint density at radius 1 is 0.900 bits per heavy atom. The molecule has 4 rings (SSSR count). The van der Waals surface area contributed by atoms with E-state index in [1.807, 2.05) is 4.90 Å². The first kappa shape index (κ1) is 20.1. The Balaban J connectivity index is 1.80. The van der Waals surface area contributed by atoms with Crippen LogP contribution >= 0.6 is 0 Å². The van der Waals surface area contributed by atoms with Crippen LogP contribution < -0.4 is 9.64 Å². The van der Waals surface area contributed by atoms with E-state index in [-0.39, 0.29) is 11.7 Å². The highest BCUT2D eigenvalue weighted by molar-refractivity contribution is 6.45. The van der Waals surface area contributed by atoms with Crippen LogP contribution in [0.3, 0.4) is 0 Å². The molecule has 2 aromatic rings. The van der Waals surface area contributed by atoms with E-state index in [1.165, 1.54) is 17.0 Å². The predicted octanol–water partition coefficient (Wildman–Crippen LogP) is 4.10. The Kier molecular flexibility index (Phi) is 5.33. The normalized spacial score (nSPS) is 22.1. The first-order chi connectivity index (χ1) is 14.4. The second-order valence-corrected chi connectivity index (χ2v) is 8.23. The van der Waals surface area contributed by atoms with Gasteiger partial charge in [-0.15, -0.1) is 0 Å². The number of imide groups is 1. The number of nitrogens with zero attached hydrogens (tertiary/aromatic N) is 2. The number of benzene rings is 2. The number of halogens is 1. The Hall–Kier alpha value is -3.15. The first-order valence-electron chi connectivity index (χ1n) is 10.2. The molecule has 2 amide bonds. The van der Waals surface area contributed by atoms with Crippen molar-refractivity contribution in [2.45, 2.75) is 20.3 Å². The molecule has 2 aliphatic rings. The summed E-state index contributed by atoms with van der Waals surface area (Å²) < 4.78 is 18.7. The number of rotatable bonds is 4. The molecule has 30 heavy (non-hydrogen) atoms. The average molecular weight is 408 g/mol. The summed E-state index contributed by atoms with van der Waals surface area (Å²) in [5.41, 5.74) is 1.77. The van der Waals surface area contributed by atoms with E-state index in [2.05, 4.69) is 13.8 Å². The van der Waals surface area contributed by atoms with Crippen molar-refractivity contribution in [3.8, 4) is 5.75 Å². The highest BCUT2D eigenvalue weighted by atomic mass is 19.1. The molecule has 2 aliphatic heterocycles. The van der Waals surface area contributed by atoms with Crippen molar-refractivity contribution in [2.75, 3.05) is 25.1 Å². The summed E-state index contributed by atoms with van der Waals surface area (Å²) in [5.74, 6) is 0.346. The van der Waals surface area contributed by atoms with Gasteiger partial charge in [-0.3, -0.25) is 9.59 Å². The fraction of sp³-hybridized carbons (Fsp3) is 0.333. The molecule has 6 heteroatoms. The van der Waals surface area contributed by atoms with Gasteiger partial charge in [-0.1, -0.05) is 26.0 Å². The molecule has 2 unspecified atom stereocenters. The number of hydrogen-bond acceptors (Lipinski definition) is 4. The number of ether oxygens (including phenoxy) is 1. The van der Waals surface area contributed by atoms with Crippen molar-refractivity contribution < 1.29 is 18.7 Å². The minimum absolute atomic E-state index is 0.331. The number of anilines is 1. The molecule has 0 spiro atoms. The average Bonchev–Trinajstić information content (AvgIpc) is 2.98. The number of carbonyl (C=O) groups is 2. The molecule has 2 heterocycles. The van der Waals surface area contributed by atoms with E-state index >= 15 is 0 Å². The summed E-state index contributed by atoms with van der Waals surface area (Å²) >= 11 is 0. The molecule has 2 aromatic carbocycles. The Bertz CT molecular complexity index is 988. The van der Waals surface area contributed by atoms with Gasteiger partial charge in [-0.25, -0.2) is 9.29 Å². The quantitative estimate of drug-likeness (QED) is 0.715. The molecule has 0 aromatic heterocycles. The standard InChI is InChI=1S/C24H25FN2O3/c1-15-12-16(2)14-26(13-15)22-21(17-4-6-18(25)7-5-17)23(28)27(24(22)29)19-8-10-20(30-3)11-9-19/h4-11,15-16H,12-14H2,1-3H3. The lowest BCUT2D eigenvalue weighted by molar-refractivity contribution is -0.120. The van der Waals surface area contributed by atoms with E-state index < -0.39 is 5.91 Å². The Morgan fingerprint density at radius 3 is 2.07 bits per heavy atom. The highest BCUT2D eigenvalue weighted by Crippen LogP contribution is 2.37. The summed E-state index contributed by atoms with van der Waals surface area (Å²) in [6.45, 7) is 5.73. The minimum Gasteiger partial charge on any atom is -0.497 e. The topological polar surface area (TPSA) is 49.9 Å². The predicted molar refractivity (Wildman–Crippen MR) is 113 cm³/mol. The zero-order valence-corrected chi connectivity index (χ0v) is 17.4. The molecule has 2 atom stereocenters. The van der Waals surface area contributed by atoms with E-state index in [0.717, 1.165) is 6.42 Å². The Labute approximate surface area is 175 Å². The first-order valence-corrected chi connectivity index (χ1v) is 10.2. The van der Waals surface area contributed by atoms with Gasteiger partial charge in [0.15, 0.2) is 0 Å². The van der Waals surface area contributed by atoms with Crippen molar-refractivity contribution >= 4 is 23.1 Å². The molecule has 0 saturated carbocycles. The molecular formula is C24H25FN2O3. The number of methoxy groups -OCH3 is 1. The summed E-state index contributed by atoms with van der Waals surface area (Å²) in [7, 11) is 1.56. The van der Waals surface area contributed by atoms with Gasteiger partial charge in [0, 0.05) is 13.1 Å². The van der Waals surface area contributed by atoms with Crippen LogP contribution in [0.5, 0.6) is 5.75 Å². The Morgan fingerprint density at radius 2 is 1.50 bits per heavy atom. The third-order valence-electron chi connectivity index (χ3n) is 5.71. The van der Waals surface area contributed by atoms with Crippen LogP contribution in [0.25, 0.3) is 5.57 Å². The molecule has 156 valence electrons.